The topological polar surface area (TPSA) is 26.0 Å². The second kappa shape index (κ2) is 7.95. The van der Waals surface area contributed by atoms with Gasteiger partial charge in [-0.15, -0.1) is 0 Å². The minimum atomic E-state index is -4.15. The highest BCUT2D eigenvalue weighted by molar-refractivity contribution is 6.03. The fraction of sp³-hybridized carbons (Fsp3) is 0.370. The van der Waals surface area contributed by atoms with Crippen molar-refractivity contribution < 1.29 is 17.6 Å². The van der Waals surface area contributed by atoms with Crippen molar-refractivity contribution in [3.63, 3.8) is 0 Å². The highest BCUT2D eigenvalue weighted by Crippen LogP contribution is 2.44. The van der Waals surface area contributed by atoms with Crippen LogP contribution in [0, 0.1) is 13.8 Å². The molecule has 0 N–H and O–H groups in total. The quantitative estimate of drug-likeness (QED) is 0.320. The number of hydrogen-bond donors (Lipinski definition) is 0. The SMILES string of the molecule is Cc1cc(-c2nccc3cc(CCC(F)(F)F)ccc23)c2oc(C)c(C3CCCC3)c2c1. The molecular formula is C27H26F3NO. The first-order valence-corrected chi connectivity index (χ1v) is 11.3. The molecule has 2 heterocycles. The first kappa shape index (κ1) is 21.0. The van der Waals surface area contributed by atoms with Crippen LogP contribution in [0.5, 0.6) is 0 Å². The van der Waals surface area contributed by atoms with E-state index in [-0.39, 0.29) is 6.42 Å². The third kappa shape index (κ3) is 3.89. The largest absolute Gasteiger partial charge is 0.460 e. The lowest BCUT2D eigenvalue weighted by atomic mass is 9.92. The maximum absolute atomic E-state index is 12.7. The van der Waals surface area contributed by atoms with Crippen LogP contribution >= 0.6 is 0 Å². The molecule has 0 spiro atoms. The average molecular weight is 438 g/mol. The minimum Gasteiger partial charge on any atom is -0.460 e. The Morgan fingerprint density at radius 2 is 1.78 bits per heavy atom. The summed E-state index contributed by atoms with van der Waals surface area (Å²) >= 11 is 0. The first-order chi connectivity index (χ1) is 15.3. The molecule has 0 unspecified atom stereocenters. The molecule has 2 aromatic heterocycles. The van der Waals surface area contributed by atoms with E-state index in [4.69, 9.17) is 4.42 Å². The van der Waals surface area contributed by atoms with Crippen molar-refractivity contribution in [2.45, 2.75) is 64.5 Å². The van der Waals surface area contributed by atoms with Crippen LogP contribution in [0.1, 0.15) is 60.5 Å². The molecule has 0 amide bonds. The molecular weight excluding hydrogens is 411 g/mol. The van der Waals surface area contributed by atoms with E-state index < -0.39 is 12.6 Å². The number of halogens is 3. The second-order valence-electron chi connectivity index (χ2n) is 9.07. The summed E-state index contributed by atoms with van der Waals surface area (Å²) in [4.78, 5) is 4.68. The molecule has 1 aliphatic rings. The van der Waals surface area contributed by atoms with Gasteiger partial charge in [-0.25, -0.2) is 0 Å². The molecule has 1 fully saturated rings. The molecule has 1 aliphatic carbocycles. The van der Waals surface area contributed by atoms with E-state index in [9.17, 15) is 13.2 Å². The van der Waals surface area contributed by atoms with Gasteiger partial charge in [0, 0.05) is 34.5 Å². The van der Waals surface area contributed by atoms with Crippen LogP contribution in [0.15, 0.2) is 47.0 Å². The Bertz CT molecular complexity index is 1300. The molecule has 1 saturated carbocycles. The Kier molecular flexibility index (Phi) is 5.23. The van der Waals surface area contributed by atoms with Crippen LogP contribution < -0.4 is 0 Å². The van der Waals surface area contributed by atoms with Crippen molar-refractivity contribution in [2.24, 2.45) is 0 Å². The number of furan rings is 1. The number of hydrogen-bond acceptors (Lipinski definition) is 2. The fourth-order valence-electron chi connectivity index (χ4n) is 5.26. The standard InChI is InChI=1S/C27H26F3NO/c1-16-13-22-24(19-5-3-4-6-19)17(2)32-26(22)23(14-16)25-21-8-7-18(9-11-27(28,29)30)15-20(21)10-12-31-25/h7-8,10,12-15,19H,3-6,9,11H2,1-2H3. The van der Waals surface area contributed by atoms with Gasteiger partial charge >= 0.3 is 6.18 Å². The predicted molar refractivity (Wildman–Crippen MR) is 122 cm³/mol. The predicted octanol–water partition coefficient (Wildman–Crippen LogP) is 8.42. The summed E-state index contributed by atoms with van der Waals surface area (Å²) in [5.74, 6) is 1.52. The summed E-state index contributed by atoms with van der Waals surface area (Å²) in [6.07, 6.45) is 1.66. The zero-order chi connectivity index (χ0) is 22.5. The van der Waals surface area contributed by atoms with Gasteiger partial charge in [-0.05, 0) is 73.7 Å². The lowest BCUT2D eigenvalue weighted by Gasteiger charge is -2.11. The average Bonchev–Trinajstić information content (AvgIpc) is 3.37. The number of nitrogens with zero attached hydrogens (tertiary/aromatic N) is 1. The number of fused-ring (bicyclic) bond motifs is 2. The van der Waals surface area contributed by atoms with Crippen LogP contribution in [-0.4, -0.2) is 11.2 Å². The van der Waals surface area contributed by atoms with Gasteiger partial charge in [-0.3, -0.25) is 4.98 Å². The van der Waals surface area contributed by atoms with Crippen molar-refractivity contribution >= 4 is 21.7 Å². The summed E-state index contributed by atoms with van der Waals surface area (Å²) in [5.41, 5.74) is 5.77. The number of pyridine rings is 1. The normalized spacial score (nSPS) is 15.3. The molecule has 0 radical (unpaired) electrons. The van der Waals surface area contributed by atoms with Crippen LogP contribution in [0.25, 0.3) is 33.0 Å². The molecule has 0 atom stereocenters. The first-order valence-electron chi connectivity index (χ1n) is 11.3. The van der Waals surface area contributed by atoms with Gasteiger partial charge in [0.1, 0.15) is 11.3 Å². The van der Waals surface area contributed by atoms with Crippen LogP contribution in [-0.2, 0) is 6.42 Å². The lowest BCUT2D eigenvalue weighted by Crippen LogP contribution is -2.08. The third-order valence-corrected chi connectivity index (χ3v) is 6.70. The maximum atomic E-state index is 12.7. The zero-order valence-corrected chi connectivity index (χ0v) is 18.4. The second-order valence-corrected chi connectivity index (χ2v) is 9.07. The highest BCUT2D eigenvalue weighted by Gasteiger charge is 2.27. The summed E-state index contributed by atoms with van der Waals surface area (Å²) in [5, 5.41) is 2.99. The van der Waals surface area contributed by atoms with E-state index in [0.29, 0.717) is 11.5 Å². The Morgan fingerprint density at radius 1 is 1.00 bits per heavy atom. The zero-order valence-electron chi connectivity index (χ0n) is 18.4. The summed E-state index contributed by atoms with van der Waals surface area (Å²) in [7, 11) is 0. The number of benzene rings is 2. The third-order valence-electron chi connectivity index (χ3n) is 6.70. The number of aromatic nitrogens is 1. The van der Waals surface area contributed by atoms with E-state index in [0.717, 1.165) is 38.9 Å². The number of alkyl halides is 3. The van der Waals surface area contributed by atoms with E-state index in [1.54, 1.807) is 12.3 Å². The van der Waals surface area contributed by atoms with Gasteiger partial charge in [-0.2, -0.15) is 13.2 Å². The monoisotopic (exact) mass is 437 g/mol. The van der Waals surface area contributed by atoms with E-state index in [1.165, 1.54) is 36.6 Å². The minimum absolute atomic E-state index is 0.0199. The Hall–Kier alpha value is -2.82. The van der Waals surface area contributed by atoms with E-state index >= 15 is 0 Å². The molecule has 166 valence electrons. The van der Waals surface area contributed by atoms with Gasteiger partial charge in [0.15, 0.2) is 0 Å². The van der Waals surface area contributed by atoms with Crippen LogP contribution in [0.2, 0.25) is 0 Å². The molecule has 0 aliphatic heterocycles. The van der Waals surface area contributed by atoms with Crippen molar-refractivity contribution in [1.29, 1.82) is 0 Å². The number of aryl methyl sites for hydroxylation is 3. The van der Waals surface area contributed by atoms with E-state index in [1.807, 2.05) is 18.2 Å². The molecule has 2 aromatic carbocycles. The van der Waals surface area contributed by atoms with Crippen molar-refractivity contribution in [2.75, 3.05) is 0 Å². The fourth-order valence-corrected chi connectivity index (χ4v) is 5.26. The number of rotatable bonds is 4. The molecule has 5 heteroatoms. The van der Waals surface area contributed by atoms with Gasteiger partial charge < -0.3 is 4.42 Å². The smallest absolute Gasteiger partial charge is 0.389 e. The molecule has 2 nitrogen and oxygen atoms in total. The molecule has 32 heavy (non-hydrogen) atoms. The summed E-state index contributed by atoms with van der Waals surface area (Å²) in [6, 6.07) is 11.7. The van der Waals surface area contributed by atoms with Crippen molar-refractivity contribution in [3.05, 3.63) is 65.0 Å². The Labute approximate surface area is 185 Å². The Balaban J connectivity index is 1.63. The summed E-state index contributed by atoms with van der Waals surface area (Å²) < 4.78 is 44.3. The van der Waals surface area contributed by atoms with Crippen LogP contribution in [0.4, 0.5) is 13.2 Å². The molecule has 0 bridgehead atoms. The summed E-state index contributed by atoms with van der Waals surface area (Å²) in [6.45, 7) is 4.14. The molecule has 0 saturated heterocycles. The molecule has 5 rings (SSSR count). The van der Waals surface area contributed by atoms with Gasteiger partial charge in [0.25, 0.3) is 0 Å². The van der Waals surface area contributed by atoms with E-state index in [2.05, 4.69) is 31.0 Å². The van der Waals surface area contributed by atoms with Crippen molar-refractivity contribution in [3.8, 4) is 11.3 Å². The van der Waals surface area contributed by atoms with Crippen LogP contribution in [0.3, 0.4) is 0 Å². The van der Waals surface area contributed by atoms with Gasteiger partial charge in [0.05, 0.1) is 5.69 Å². The highest BCUT2D eigenvalue weighted by atomic mass is 19.4. The lowest BCUT2D eigenvalue weighted by molar-refractivity contribution is -0.133. The van der Waals surface area contributed by atoms with Gasteiger partial charge in [0.2, 0.25) is 0 Å². The molecule has 4 aromatic rings. The Morgan fingerprint density at radius 3 is 2.53 bits per heavy atom. The van der Waals surface area contributed by atoms with Crippen molar-refractivity contribution in [1.82, 2.24) is 4.98 Å². The van der Waals surface area contributed by atoms with Gasteiger partial charge in [-0.1, -0.05) is 31.0 Å². The maximum Gasteiger partial charge on any atom is 0.389 e.